The van der Waals surface area contributed by atoms with Crippen LogP contribution in [0.4, 0.5) is 11.5 Å². The summed E-state index contributed by atoms with van der Waals surface area (Å²) in [6.07, 6.45) is 5.26. The van der Waals surface area contributed by atoms with Gasteiger partial charge in [0.2, 0.25) is 5.75 Å². The summed E-state index contributed by atoms with van der Waals surface area (Å²) in [5, 5.41) is 13.8. The number of anilines is 2. The Kier molecular flexibility index (Phi) is 5.18. The standard InChI is InChI=1S/C23H24N4O3/c1-14(2)15-5-7-17(8-6-15)25-23-21(26-20-13-24-9-10-27(20)23)16-11-18(29-3)22(28)19(12-16)30-4/h5-14,25,28H,1-4H3. The first-order valence-corrected chi connectivity index (χ1v) is 9.66. The maximum atomic E-state index is 10.3. The second-order valence-corrected chi connectivity index (χ2v) is 7.24. The highest BCUT2D eigenvalue weighted by molar-refractivity contribution is 5.81. The molecule has 0 aliphatic rings. The second kappa shape index (κ2) is 7.94. The lowest BCUT2D eigenvalue weighted by Gasteiger charge is -2.13. The van der Waals surface area contributed by atoms with Gasteiger partial charge in [-0.05, 0) is 35.7 Å². The quantitative estimate of drug-likeness (QED) is 0.471. The predicted molar refractivity (Wildman–Crippen MR) is 117 cm³/mol. The van der Waals surface area contributed by atoms with E-state index in [4.69, 9.17) is 14.5 Å². The van der Waals surface area contributed by atoms with Crippen LogP contribution in [0.15, 0.2) is 55.0 Å². The first-order valence-electron chi connectivity index (χ1n) is 9.66. The molecule has 0 atom stereocenters. The van der Waals surface area contributed by atoms with Crippen LogP contribution in [-0.2, 0) is 0 Å². The Bertz CT molecular complexity index is 1160. The van der Waals surface area contributed by atoms with Crippen molar-refractivity contribution in [3.05, 3.63) is 60.6 Å². The van der Waals surface area contributed by atoms with Crippen LogP contribution in [0.3, 0.4) is 0 Å². The van der Waals surface area contributed by atoms with Crippen LogP contribution in [-0.4, -0.2) is 33.7 Å². The van der Waals surface area contributed by atoms with Crippen molar-refractivity contribution in [3.63, 3.8) is 0 Å². The average Bonchev–Trinajstić information content (AvgIpc) is 3.13. The van der Waals surface area contributed by atoms with E-state index in [0.717, 1.165) is 17.1 Å². The third-order valence-corrected chi connectivity index (χ3v) is 5.02. The van der Waals surface area contributed by atoms with Crippen molar-refractivity contribution in [1.29, 1.82) is 0 Å². The molecule has 2 N–H and O–H groups in total. The van der Waals surface area contributed by atoms with E-state index in [1.807, 2.05) is 10.6 Å². The predicted octanol–water partition coefficient (Wildman–Crippen LogP) is 4.99. The summed E-state index contributed by atoms with van der Waals surface area (Å²) in [6, 6.07) is 11.8. The van der Waals surface area contributed by atoms with Crippen molar-refractivity contribution in [3.8, 4) is 28.5 Å². The van der Waals surface area contributed by atoms with Crippen LogP contribution in [0, 0.1) is 0 Å². The highest BCUT2D eigenvalue weighted by atomic mass is 16.5. The van der Waals surface area contributed by atoms with Gasteiger partial charge in [-0.3, -0.25) is 9.38 Å². The van der Waals surface area contributed by atoms with E-state index >= 15 is 0 Å². The largest absolute Gasteiger partial charge is 0.502 e. The second-order valence-electron chi connectivity index (χ2n) is 7.24. The molecular formula is C23H24N4O3. The molecule has 0 bridgehead atoms. The summed E-state index contributed by atoms with van der Waals surface area (Å²) in [5.41, 5.74) is 4.34. The van der Waals surface area contributed by atoms with Gasteiger partial charge in [0.1, 0.15) is 11.5 Å². The Morgan fingerprint density at radius 2 is 1.70 bits per heavy atom. The summed E-state index contributed by atoms with van der Waals surface area (Å²) in [5.74, 6) is 1.82. The van der Waals surface area contributed by atoms with Crippen LogP contribution in [0.1, 0.15) is 25.3 Å². The topological polar surface area (TPSA) is 80.9 Å². The van der Waals surface area contributed by atoms with E-state index in [9.17, 15) is 5.11 Å². The van der Waals surface area contributed by atoms with E-state index in [1.165, 1.54) is 19.8 Å². The minimum absolute atomic E-state index is 0.0482. The maximum Gasteiger partial charge on any atom is 0.200 e. The monoisotopic (exact) mass is 404 g/mol. The molecule has 0 aliphatic heterocycles. The highest BCUT2D eigenvalue weighted by Crippen LogP contribution is 2.42. The van der Waals surface area contributed by atoms with Gasteiger partial charge in [-0.1, -0.05) is 26.0 Å². The van der Waals surface area contributed by atoms with Crippen molar-refractivity contribution in [2.24, 2.45) is 0 Å². The molecule has 0 aliphatic carbocycles. The summed E-state index contributed by atoms with van der Waals surface area (Å²) < 4.78 is 12.6. The number of aromatic nitrogens is 3. The zero-order chi connectivity index (χ0) is 21.3. The van der Waals surface area contributed by atoms with E-state index in [-0.39, 0.29) is 5.75 Å². The minimum atomic E-state index is -0.0482. The van der Waals surface area contributed by atoms with Crippen LogP contribution >= 0.6 is 0 Å². The number of hydrogen-bond acceptors (Lipinski definition) is 6. The number of rotatable bonds is 6. The molecule has 2 aromatic carbocycles. The molecule has 30 heavy (non-hydrogen) atoms. The van der Waals surface area contributed by atoms with Gasteiger partial charge in [-0.2, -0.15) is 0 Å². The van der Waals surface area contributed by atoms with Crippen molar-refractivity contribution < 1.29 is 14.6 Å². The van der Waals surface area contributed by atoms with Crippen LogP contribution < -0.4 is 14.8 Å². The van der Waals surface area contributed by atoms with Crippen molar-refractivity contribution in [2.75, 3.05) is 19.5 Å². The zero-order valence-electron chi connectivity index (χ0n) is 17.4. The molecule has 154 valence electrons. The summed E-state index contributed by atoms with van der Waals surface area (Å²) in [4.78, 5) is 8.93. The Hall–Kier alpha value is -3.74. The minimum Gasteiger partial charge on any atom is -0.502 e. The summed E-state index contributed by atoms with van der Waals surface area (Å²) in [7, 11) is 3.00. The molecule has 0 fully saturated rings. The fourth-order valence-corrected chi connectivity index (χ4v) is 3.35. The normalized spacial score (nSPS) is 11.1. The lowest BCUT2D eigenvalue weighted by atomic mass is 10.0. The molecule has 4 aromatic rings. The van der Waals surface area contributed by atoms with Gasteiger partial charge in [-0.15, -0.1) is 0 Å². The Morgan fingerprint density at radius 1 is 1.03 bits per heavy atom. The van der Waals surface area contributed by atoms with Gasteiger partial charge in [0.25, 0.3) is 0 Å². The zero-order valence-corrected chi connectivity index (χ0v) is 17.4. The first kappa shape index (κ1) is 19.6. The Morgan fingerprint density at radius 3 is 2.30 bits per heavy atom. The van der Waals surface area contributed by atoms with Crippen molar-refractivity contribution in [2.45, 2.75) is 19.8 Å². The molecule has 2 aromatic heterocycles. The number of nitrogens with zero attached hydrogens (tertiary/aromatic N) is 3. The number of aromatic hydroxyl groups is 1. The van der Waals surface area contributed by atoms with Gasteiger partial charge in [0.05, 0.1) is 20.4 Å². The number of phenolic OH excluding ortho intramolecular Hbond substituents is 1. The lowest BCUT2D eigenvalue weighted by molar-refractivity contribution is 0.340. The third kappa shape index (κ3) is 3.50. The smallest absolute Gasteiger partial charge is 0.200 e. The fraction of sp³-hybridized carbons (Fsp3) is 0.217. The highest BCUT2D eigenvalue weighted by Gasteiger charge is 2.19. The van der Waals surface area contributed by atoms with E-state index in [1.54, 1.807) is 24.5 Å². The summed E-state index contributed by atoms with van der Waals surface area (Å²) >= 11 is 0. The number of phenols is 1. The van der Waals surface area contributed by atoms with Gasteiger partial charge < -0.3 is 19.9 Å². The molecule has 7 nitrogen and oxygen atoms in total. The fourth-order valence-electron chi connectivity index (χ4n) is 3.35. The first-order chi connectivity index (χ1) is 14.5. The van der Waals surface area contributed by atoms with E-state index < -0.39 is 0 Å². The number of imidazole rings is 1. The number of benzene rings is 2. The number of hydrogen-bond donors (Lipinski definition) is 2. The molecule has 0 unspecified atom stereocenters. The van der Waals surface area contributed by atoms with Gasteiger partial charge in [-0.25, -0.2) is 4.98 Å². The third-order valence-electron chi connectivity index (χ3n) is 5.02. The van der Waals surface area contributed by atoms with Crippen LogP contribution in [0.5, 0.6) is 17.2 Å². The molecule has 0 saturated carbocycles. The molecule has 0 saturated heterocycles. The Labute approximate surface area is 174 Å². The number of ether oxygens (including phenoxy) is 2. The van der Waals surface area contributed by atoms with Gasteiger partial charge >= 0.3 is 0 Å². The van der Waals surface area contributed by atoms with Gasteiger partial charge in [0.15, 0.2) is 17.1 Å². The number of methoxy groups -OCH3 is 2. The van der Waals surface area contributed by atoms with Crippen LogP contribution in [0.25, 0.3) is 16.9 Å². The molecular weight excluding hydrogens is 380 g/mol. The Balaban J connectivity index is 1.85. The molecule has 7 heteroatoms. The molecule has 4 rings (SSSR count). The molecule has 0 radical (unpaired) electrons. The SMILES string of the molecule is COc1cc(-c2nc3cnccn3c2Nc2ccc(C(C)C)cc2)cc(OC)c1O. The van der Waals surface area contributed by atoms with E-state index in [2.05, 4.69) is 48.4 Å². The van der Waals surface area contributed by atoms with E-state index in [0.29, 0.717) is 28.8 Å². The molecule has 0 spiro atoms. The lowest BCUT2D eigenvalue weighted by Crippen LogP contribution is -1.98. The number of nitrogens with one attached hydrogen (secondary N) is 1. The average molecular weight is 404 g/mol. The summed E-state index contributed by atoms with van der Waals surface area (Å²) in [6.45, 7) is 4.34. The molecule has 2 heterocycles. The number of fused-ring (bicyclic) bond motifs is 1. The maximum absolute atomic E-state index is 10.3. The van der Waals surface area contributed by atoms with Crippen molar-refractivity contribution in [1.82, 2.24) is 14.4 Å². The molecule has 0 amide bonds. The van der Waals surface area contributed by atoms with Gasteiger partial charge in [0, 0.05) is 23.6 Å². The van der Waals surface area contributed by atoms with Crippen LogP contribution in [0.2, 0.25) is 0 Å². The van der Waals surface area contributed by atoms with Crippen molar-refractivity contribution >= 4 is 17.2 Å².